The Morgan fingerprint density at radius 3 is 2.77 bits per heavy atom. The summed E-state index contributed by atoms with van der Waals surface area (Å²) in [5.41, 5.74) is -2.65. The number of nitrogens with zero attached hydrogens (tertiary/aromatic N) is 5. The third-order valence-corrected chi connectivity index (χ3v) is 8.56. The van der Waals surface area contributed by atoms with E-state index in [0.717, 1.165) is 23.3 Å². The van der Waals surface area contributed by atoms with Gasteiger partial charge in [-0.1, -0.05) is 0 Å². The fraction of sp³-hybridized carbons (Fsp3) is 0.542. The third kappa shape index (κ3) is 5.75. The molecule has 0 aliphatic heterocycles. The van der Waals surface area contributed by atoms with E-state index >= 15 is 0 Å². The van der Waals surface area contributed by atoms with Crippen LogP contribution >= 0.6 is 22.9 Å². The molecule has 0 bridgehead atoms. The highest BCUT2D eigenvalue weighted by Crippen LogP contribution is 2.43. The maximum Gasteiger partial charge on any atom is 0.488 e. The molecule has 2 amide bonds. The van der Waals surface area contributed by atoms with Crippen LogP contribution in [0.4, 0.5) is 29.9 Å². The van der Waals surface area contributed by atoms with Crippen molar-refractivity contribution >= 4 is 51.5 Å². The van der Waals surface area contributed by atoms with E-state index in [2.05, 4.69) is 36.0 Å². The molecule has 214 valence electrons. The monoisotopic (exact) mass is 598 g/mol. The Balaban J connectivity index is 1.24. The molecular weight excluding hydrogens is 573 g/mol. The van der Waals surface area contributed by atoms with Gasteiger partial charge in [0.05, 0.1) is 11.5 Å². The minimum atomic E-state index is -3.90. The summed E-state index contributed by atoms with van der Waals surface area (Å²) in [6, 6.07) is 1.11. The molecule has 0 saturated heterocycles. The van der Waals surface area contributed by atoms with Crippen molar-refractivity contribution in [2.45, 2.75) is 56.3 Å². The van der Waals surface area contributed by atoms with Crippen molar-refractivity contribution in [1.82, 2.24) is 29.9 Å². The Labute approximate surface area is 235 Å². The second kappa shape index (κ2) is 10.3. The lowest BCUT2D eigenvalue weighted by Crippen LogP contribution is -2.29. The Kier molecular flexibility index (Phi) is 6.89. The number of nitrogens with one attached hydrogen (secondary N) is 3. The van der Waals surface area contributed by atoms with Crippen molar-refractivity contribution in [2.75, 3.05) is 17.2 Å². The van der Waals surface area contributed by atoms with Gasteiger partial charge >= 0.3 is 5.57 Å². The lowest BCUT2D eigenvalue weighted by molar-refractivity contribution is -0.117. The van der Waals surface area contributed by atoms with E-state index in [1.807, 2.05) is 4.57 Å². The van der Waals surface area contributed by atoms with Crippen LogP contribution in [0, 0.1) is 11.8 Å². The molecule has 6 rings (SSSR count). The van der Waals surface area contributed by atoms with Gasteiger partial charge in [0.2, 0.25) is 17.7 Å². The topological polar surface area (TPSA) is 128 Å². The van der Waals surface area contributed by atoms with Crippen molar-refractivity contribution in [3.8, 4) is 5.88 Å². The van der Waals surface area contributed by atoms with Gasteiger partial charge in [-0.05, 0) is 50.0 Å². The number of carbonyl (C=O) groups excluding carboxylic acids is 2. The Hall–Kier alpha value is -3.33. The summed E-state index contributed by atoms with van der Waals surface area (Å²) in [6.45, 7) is 0.570. The number of fused-ring (bicyclic) bond motifs is 1. The molecule has 3 aromatic rings. The number of carbonyl (C=O) groups is 2. The van der Waals surface area contributed by atoms with Gasteiger partial charge < -0.3 is 20.7 Å². The summed E-state index contributed by atoms with van der Waals surface area (Å²) in [5, 5.41) is 21.3. The number of rotatable bonds is 10. The van der Waals surface area contributed by atoms with Crippen LogP contribution in [0.5, 0.6) is 5.88 Å². The number of ether oxygens (including phenoxy) is 1. The second-order valence-corrected chi connectivity index (χ2v) is 11.9. The van der Waals surface area contributed by atoms with Gasteiger partial charge in [0.25, 0.3) is 5.91 Å². The Morgan fingerprint density at radius 2 is 2.08 bits per heavy atom. The van der Waals surface area contributed by atoms with Gasteiger partial charge in [-0.3, -0.25) is 14.2 Å². The largest absolute Gasteiger partial charge is 0.488 e. The number of amides is 2. The van der Waals surface area contributed by atoms with Crippen LogP contribution in [0.25, 0.3) is 0 Å². The SMILES string of the molecule is Cn1nc(OC(F)(F)Cl)cc1Nc1nncn1[C@H]1CCc2sc(NC(=O)[C@H]3C[C@H]3F)c(C(=O)NCC3CC3)c2C1. The van der Waals surface area contributed by atoms with Gasteiger partial charge in [-0.25, -0.2) is 9.07 Å². The number of hydrogen-bond donors (Lipinski definition) is 3. The fourth-order valence-electron chi connectivity index (χ4n) is 4.86. The summed E-state index contributed by atoms with van der Waals surface area (Å²) >= 11 is 6.21. The van der Waals surface area contributed by atoms with Gasteiger partial charge in [0.15, 0.2) is 0 Å². The van der Waals surface area contributed by atoms with Crippen LogP contribution in [0.3, 0.4) is 0 Å². The highest BCUT2D eigenvalue weighted by atomic mass is 35.5. The molecule has 0 aromatic carbocycles. The summed E-state index contributed by atoms with van der Waals surface area (Å²) < 4.78 is 47.1. The van der Waals surface area contributed by atoms with Gasteiger partial charge in [0.1, 0.15) is 23.3 Å². The quantitative estimate of drug-likeness (QED) is 0.299. The first-order chi connectivity index (χ1) is 19.1. The summed E-state index contributed by atoms with van der Waals surface area (Å²) in [4.78, 5) is 26.9. The second-order valence-electron chi connectivity index (χ2n) is 10.3. The lowest BCUT2D eigenvalue weighted by Gasteiger charge is -2.25. The summed E-state index contributed by atoms with van der Waals surface area (Å²) in [5.74, 6) is -0.585. The number of hydrogen-bond acceptors (Lipinski definition) is 8. The molecule has 0 unspecified atom stereocenters. The zero-order valence-electron chi connectivity index (χ0n) is 21.3. The van der Waals surface area contributed by atoms with Gasteiger partial charge in [-0.15, -0.1) is 35.4 Å². The molecule has 0 spiro atoms. The molecule has 0 radical (unpaired) electrons. The molecule has 3 heterocycles. The van der Waals surface area contributed by atoms with Crippen LogP contribution in [-0.4, -0.2) is 54.6 Å². The fourth-order valence-corrected chi connectivity index (χ4v) is 6.18. The predicted octanol–water partition coefficient (Wildman–Crippen LogP) is 4.15. The van der Waals surface area contributed by atoms with Crippen LogP contribution < -0.4 is 20.7 Å². The zero-order chi connectivity index (χ0) is 28.2. The number of aryl methyl sites for hydroxylation is 2. The number of alkyl halides is 4. The number of halogens is 4. The van der Waals surface area contributed by atoms with Crippen LogP contribution in [0.15, 0.2) is 12.4 Å². The first-order valence-electron chi connectivity index (χ1n) is 12.9. The van der Waals surface area contributed by atoms with Crippen LogP contribution in [0.1, 0.15) is 52.5 Å². The van der Waals surface area contributed by atoms with E-state index in [9.17, 15) is 22.8 Å². The highest BCUT2D eigenvalue weighted by molar-refractivity contribution is 7.17. The molecule has 3 aromatic heterocycles. The average Bonchev–Trinajstić information content (AvgIpc) is 3.73. The number of aromatic nitrogens is 5. The smallest absolute Gasteiger partial charge is 0.400 e. The number of anilines is 3. The molecule has 16 heteroatoms. The average molecular weight is 599 g/mol. The van der Waals surface area contributed by atoms with Crippen molar-refractivity contribution < 1.29 is 27.5 Å². The van der Waals surface area contributed by atoms with Crippen molar-refractivity contribution in [3.63, 3.8) is 0 Å². The van der Waals surface area contributed by atoms with E-state index in [1.54, 1.807) is 6.33 Å². The standard InChI is InChI=1S/C24H26ClF3N8O3S/c1-35-17(8-18(34-35)39-24(25,27)28)31-23-33-30-10-36(23)12-4-5-16-14(6-12)19(21(38)29-9-11-2-3-11)22(40-16)32-20(37)13-7-15(13)26/h8,10-13,15H,2-7,9H2,1H3,(H,29,38)(H,31,33)(H,32,37)/t12-,13-,15+/m0/s1. The van der Waals surface area contributed by atoms with E-state index in [0.29, 0.717) is 54.1 Å². The third-order valence-electron chi connectivity index (χ3n) is 7.28. The minimum Gasteiger partial charge on any atom is -0.400 e. The van der Waals surface area contributed by atoms with E-state index < -0.39 is 23.6 Å². The Morgan fingerprint density at radius 1 is 1.30 bits per heavy atom. The van der Waals surface area contributed by atoms with Crippen molar-refractivity contribution in [2.24, 2.45) is 18.9 Å². The van der Waals surface area contributed by atoms with E-state index in [4.69, 9.17) is 11.6 Å². The van der Waals surface area contributed by atoms with E-state index in [-0.39, 0.29) is 24.2 Å². The molecule has 3 aliphatic rings. The minimum absolute atomic E-state index is 0.145. The number of thiophene rings is 1. The molecule has 3 aliphatic carbocycles. The van der Waals surface area contributed by atoms with E-state index in [1.165, 1.54) is 29.1 Å². The predicted molar refractivity (Wildman–Crippen MR) is 140 cm³/mol. The summed E-state index contributed by atoms with van der Waals surface area (Å²) in [7, 11) is 1.54. The molecule has 3 N–H and O–H groups in total. The molecule has 2 saturated carbocycles. The molecular formula is C24H26ClF3N8O3S. The lowest BCUT2D eigenvalue weighted by atomic mass is 9.91. The molecule has 3 atom stereocenters. The highest BCUT2D eigenvalue weighted by Gasteiger charge is 2.44. The summed E-state index contributed by atoms with van der Waals surface area (Å²) in [6.07, 6.45) is 4.58. The maximum atomic E-state index is 13.5. The maximum absolute atomic E-state index is 13.5. The first-order valence-corrected chi connectivity index (χ1v) is 14.1. The van der Waals surface area contributed by atoms with Crippen LogP contribution in [0.2, 0.25) is 0 Å². The zero-order valence-corrected chi connectivity index (χ0v) is 22.9. The molecule has 2 fully saturated rings. The first kappa shape index (κ1) is 26.9. The van der Waals surface area contributed by atoms with Gasteiger partial charge in [-0.2, -0.15) is 0 Å². The normalized spacial score (nSPS) is 22.0. The van der Waals surface area contributed by atoms with Gasteiger partial charge in [0, 0.05) is 42.2 Å². The Bertz CT molecular complexity index is 1450. The van der Waals surface area contributed by atoms with Crippen molar-refractivity contribution in [1.29, 1.82) is 0 Å². The molecule has 40 heavy (non-hydrogen) atoms. The molecule has 11 nitrogen and oxygen atoms in total. The van der Waals surface area contributed by atoms with Crippen LogP contribution in [-0.2, 0) is 24.7 Å². The van der Waals surface area contributed by atoms with Crippen molar-refractivity contribution in [3.05, 3.63) is 28.4 Å².